The Labute approximate surface area is 95.6 Å². The van der Waals surface area contributed by atoms with Crippen molar-refractivity contribution in [2.75, 3.05) is 0 Å². The minimum Gasteiger partial charge on any atom is -0.354 e. The molecule has 0 spiro atoms. The van der Waals surface area contributed by atoms with E-state index in [1.54, 1.807) is 6.92 Å². The van der Waals surface area contributed by atoms with Gasteiger partial charge in [0.05, 0.1) is 16.7 Å². The van der Waals surface area contributed by atoms with E-state index in [0.29, 0.717) is 11.2 Å². The molecule has 0 saturated carbocycles. The van der Waals surface area contributed by atoms with E-state index in [4.69, 9.17) is 7.98 Å². The van der Waals surface area contributed by atoms with Gasteiger partial charge in [-0.3, -0.25) is 4.79 Å². The monoisotopic (exact) mass is 212 g/mol. The fourth-order valence-electron chi connectivity index (χ4n) is 1.86. The Kier molecular flexibility index (Phi) is 2.58. The number of rotatable bonds is 1. The lowest BCUT2D eigenvalue weighted by Crippen LogP contribution is -2.23. The van der Waals surface area contributed by atoms with Gasteiger partial charge < -0.3 is 4.48 Å². The Bertz CT molecular complexity index is 602. The van der Waals surface area contributed by atoms with Crippen LogP contribution >= 0.6 is 0 Å². The van der Waals surface area contributed by atoms with Crippen molar-refractivity contribution < 1.29 is 0 Å². The van der Waals surface area contributed by atoms with Crippen molar-refractivity contribution in [3.8, 4) is 0 Å². The van der Waals surface area contributed by atoms with E-state index in [-0.39, 0.29) is 11.5 Å². The predicted molar refractivity (Wildman–Crippen MR) is 66.0 cm³/mol. The van der Waals surface area contributed by atoms with Crippen LogP contribution in [0.3, 0.4) is 0 Å². The molecule has 1 heterocycles. The highest BCUT2D eigenvalue weighted by atomic mass is 16.1. The lowest BCUT2D eigenvalue weighted by atomic mass is 9.99. The van der Waals surface area contributed by atoms with Gasteiger partial charge in [0.25, 0.3) is 0 Å². The average Bonchev–Trinajstić information content (AvgIpc) is 2.25. The quantitative estimate of drug-likeness (QED) is 0.675. The largest absolute Gasteiger partial charge is 0.354 e. The third-order valence-corrected chi connectivity index (χ3v) is 2.76. The highest BCUT2D eigenvalue weighted by Gasteiger charge is 2.11. The first kappa shape index (κ1) is 10.9. The molecule has 0 N–H and O–H groups in total. The van der Waals surface area contributed by atoms with E-state index >= 15 is 0 Å². The van der Waals surface area contributed by atoms with Gasteiger partial charge in [-0.05, 0) is 24.5 Å². The molecule has 2 aromatic rings. The molecule has 16 heavy (non-hydrogen) atoms. The number of benzene rings is 1. The van der Waals surface area contributed by atoms with E-state index in [1.807, 2.05) is 18.2 Å². The normalized spacial score (nSPS) is 11.2. The van der Waals surface area contributed by atoms with Gasteiger partial charge in [-0.25, -0.2) is 4.98 Å². The molecule has 0 atom stereocenters. The number of hydrogen-bond donors (Lipinski definition) is 0. The van der Waals surface area contributed by atoms with Gasteiger partial charge in [-0.2, -0.15) is 0 Å². The minimum atomic E-state index is -0.174. The molecule has 0 amide bonds. The first-order valence-corrected chi connectivity index (χ1v) is 5.29. The first-order valence-electron chi connectivity index (χ1n) is 5.29. The molecular formula is C12H13BN2O. The fourth-order valence-corrected chi connectivity index (χ4v) is 1.86. The zero-order valence-corrected chi connectivity index (χ0v) is 9.69. The molecule has 80 valence electrons. The maximum atomic E-state index is 12.1. The van der Waals surface area contributed by atoms with Crippen LogP contribution in [0.5, 0.6) is 0 Å². The standard InChI is InChI=1S/C12H13BN2O/c1-7(2)9-5-4-6-10-11(9)12(16)15(13)8(3)14-10/h4-7H,1-3H3. The molecule has 3 nitrogen and oxygen atoms in total. The molecule has 0 unspecified atom stereocenters. The van der Waals surface area contributed by atoms with Crippen LogP contribution in [0.15, 0.2) is 23.0 Å². The predicted octanol–water partition coefficient (Wildman–Crippen LogP) is 1.76. The van der Waals surface area contributed by atoms with Gasteiger partial charge in [0.1, 0.15) is 0 Å². The summed E-state index contributed by atoms with van der Waals surface area (Å²) < 4.78 is 1.11. The van der Waals surface area contributed by atoms with Gasteiger partial charge in [0.15, 0.2) is 0 Å². The summed E-state index contributed by atoms with van der Waals surface area (Å²) in [6, 6.07) is 5.71. The second-order valence-electron chi connectivity index (χ2n) is 4.23. The van der Waals surface area contributed by atoms with E-state index in [9.17, 15) is 4.79 Å². The number of aromatic nitrogens is 2. The third kappa shape index (κ3) is 1.54. The van der Waals surface area contributed by atoms with Gasteiger partial charge in [0, 0.05) is 0 Å². The van der Waals surface area contributed by atoms with Crippen LogP contribution < -0.4 is 5.56 Å². The molecular weight excluding hydrogens is 199 g/mol. The molecule has 2 radical (unpaired) electrons. The Morgan fingerprint density at radius 1 is 1.38 bits per heavy atom. The van der Waals surface area contributed by atoms with Crippen molar-refractivity contribution in [2.45, 2.75) is 26.7 Å². The van der Waals surface area contributed by atoms with Crippen LogP contribution in [0.4, 0.5) is 0 Å². The smallest absolute Gasteiger partial charge is 0.248 e. The summed E-state index contributed by atoms with van der Waals surface area (Å²) in [4.78, 5) is 16.4. The number of aryl methyl sites for hydroxylation is 1. The summed E-state index contributed by atoms with van der Waals surface area (Å²) in [5.41, 5.74) is 1.54. The number of hydrogen-bond acceptors (Lipinski definition) is 2. The summed E-state index contributed by atoms with van der Waals surface area (Å²) in [6.07, 6.45) is 0. The average molecular weight is 212 g/mol. The Morgan fingerprint density at radius 3 is 2.69 bits per heavy atom. The van der Waals surface area contributed by atoms with Crippen molar-refractivity contribution in [3.05, 3.63) is 39.9 Å². The van der Waals surface area contributed by atoms with E-state index in [1.165, 1.54) is 0 Å². The number of nitrogens with zero attached hydrogens (tertiary/aromatic N) is 2. The minimum absolute atomic E-state index is 0.174. The molecule has 0 saturated heterocycles. The van der Waals surface area contributed by atoms with Crippen LogP contribution in [-0.2, 0) is 0 Å². The van der Waals surface area contributed by atoms with Crippen LogP contribution in [0.1, 0.15) is 31.2 Å². The van der Waals surface area contributed by atoms with Crippen molar-refractivity contribution in [1.82, 2.24) is 9.46 Å². The van der Waals surface area contributed by atoms with Crippen molar-refractivity contribution in [2.24, 2.45) is 0 Å². The third-order valence-electron chi connectivity index (χ3n) is 2.76. The molecule has 0 bridgehead atoms. The van der Waals surface area contributed by atoms with Gasteiger partial charge in [-0.15, -0.1) is 0 Å². The van der Waals surface area contributed by atoms with Gasteiger partial charge in [-0.1, -0.05) is 26.0 Å². The topological polar surface area (TPSA) is 34.9 Å². The molecule has 0 aliphatic carbocycles. The van der Waals surface area contributed by atoms with E-state index in [2.05, 4.69) is 18.8 Å². The van der Waals surface area contributed by atoms with E-state index in [0.717, 1.165) is 15.6 Å². The lowest BCUT2D eigenvalue weighted by Gasteiger charge is -2.11. The Balaban J connectivity index is 2.98. The SMILES string of the molecule is [B]n1c(C)nc2cccc(C(C)C)c2c1=O. The molecule has 0 aliphatic heterocycles. The summed E-state index contributed by atoms with van der Waals surface area (Å²) in [7, 11) is 5.66. The molecule has 1 aromatic carbocycles. The lowest BCUT2D eigenvalue weighted by molar-refractivity contribution is 0.869. The summed E-state index contributed by atoms with van der Waals surface area (Å²) in [5.74, 6) is 0.805. The Morgan fingerprint density at radius 2 is 2.06 bits per heavy atom. The molecule has 0 aliphatic rings. The van der Waals surface area contributed by atoms with Crippen LogP contribution in [0.2, 0.25) is 0 Å². The summed E-state index contributed by atoms with van der Waals surface area (Å²) in [6.45, 7) is 5.83. The van der Waals surface area contributed by atoms with Gasteiger partial charge in [0.2, 0.25) is 13.5 Å². The second-order valence-corrected chi connectivity index (χ2v) is 4.23. The van der Waals surface area contributed by atoms with Crippen molar-refractivity contribution >= 4 is 18.9 Å². The van der Waals surface area contributed by atoms with Crippen LogP contribution in [0, 0.1) is 6.92 Å². The maximum Gasteiger partial charge on any atom is 0.248 e. The highest BCUT2D eigenvalue weighted by Crippen LogP contribution is 2.21. The molecule has 1 aromatic heterocycles. The Hall–Kier alpha value is -1.58. The number of fused-ring (bicyclic) bond motifs is 1. The van der Waals surface area contributed by atoms with Crippen LogP contribution in [0.25, 0.3) is 10.9 Å². The summed E-state index contributed by atoms with van der Waals surface area (Å²) >= 11 is 0. The van der Waals surface area contributed by atoms with Crippen LogP contribution in [-0.4, -0.2) is 17.4 Å². The maximum absolute atomic E-state index is 12.1. The first-order chi connectivity index (χ1) is 7.52. The van der Waals surface area contributed by atoms with Gasteiger partial charge >= 0.3 is 0 Å². The fraction of sp³-hybridized carbons (Fsp3) is 0.333. The van der Waals surface area contributed by atoms with E-state index < -0.39 is 0 Å². The zero-order valence-electron chi connectivity index (χ0n) is 9.69. The summed E-state index contributed by atoms with van der Waals surface area (Å²) in [5, 5.41) is 0.630. The molecule has 4 heteroatoms. The molecule has 0 fully saturated rings. The van der Waals surface area contributed by atoms with Crippen molar-refractivity contribution in [3.63, 3.8) is 0 Å². The highest BCUT2D eigenvalue weighted by molar-refractivity contribution is 6.07. The second kappa shape index (κ2) is 3.78. The zero-order chi connectivity index (χ0) is 11.9. The van der Waals surface area contributed by atoms with Crippen molar-refractivity contribution in [1.29, 1.82) is 0 Å². The molecule has 2 rings (SSSR count).